The lowest BCUT2D eigenvalue weighted by atomic mass is 10.1. The third-order valence-electron chi connectivity index (χ3n) is 2.88. The van der Waals surface area contributed by atoms with E-state index in [4.69, 9.17) is 0 Å². The second kappa shape index (κ2) is 3.49. The number of hydrogen-bond donors (Lipinski definition) is 0. The van der Waals surface area contributed by atoms with Gasteiger partial charge in [0.2, 0.25) is 0 Å². The molecule has 0 N–H and O–H groups in total. The van der Waals surface area contributed by atoms with E-state index in [9.17, 15) is 4.39 Å². The lowest BCUT2D eigenvalue weighted by Crippen LogP contribution is -1.83. The maximum absolute atomic E-state index is 12.6. The standard InChI is InChI=1S/C12H15F/c1-2-3-10-8-12(10)9-4-6-11(13)7-5-9/h4-7,10,12H,2-3,8H2,1H3/t10-,12?/m1/s1. The van der Waals surface area contributed by atoms with E-state index in [-0.39, 0.29) is 5.82 Å². The van der Waals surface area contributed by atoms with Gasteiger partial charge in [-0.15, -0.1) is 0 Å². The zero-order valence-electron chi connectivity index (χ0n) is 7.96. The Hall–Kier alpha value is -0.850. The molecule has 2 atom stereocenters. The third kappa shape index (κ3) is 1.90. The Bertz CT molecular complexity index is 276. The van der Waals surface area contributed by atoms with Crippen molar-refractivity contribution in [2.75, 3.05) is 0 Å². The van der Waals surface area contributed by atoms with E-state index in [2.05, 4.69) is 6.92 Å². The van der Waals surface area contributed by atoms with E-state index in [0.29, 0.717) is 0 Å². The highest BCUT2D eigenvalue weighted by molar-refractivity contribution is 5.25. The van der Waals surface area contributed by atoms with Gasteiger partial charge in [0.25, 0.3) is 0 Å². The summed E-state index contributed by atoms with van der Waals surface area (Å²) in [5.74, 6) is 1.47. The van der Waals surface area contributed by atoms with Crippen LogP contribution < -0.4 is 0 Å². The fraction of sp³-hybridized carbons (Fsp3) is 0.500. The molecule has 1 heteroatoms. The quantitative estimate of drug-likeness (QED) is 0.661. The fourth-order valence-electron chi connectivity index (χ4n) is 2.06. The number of hydrogen-bond acceptors (Lipinski definition) is 0. The Labute approximate surface area is 78.8 Å². The minimum atomic E-state index is -0.128. The number of halogens is 1. The maximum atomic E-state index is 12.6. The summed E-state index contributed by atoms with van der Waals surface area (Å²) in [7, 11) is 0. The molecule has 0 aromatic heterocycles. The van der Waals surface area contributed by atoms with Crippen LogP contribution in [-0.4, -0.2) is 0 Å². The first-order valence-electron chi connectivity index (χ1n) is 5.06. The van der Waals surface area contributed by atoms with Gasteiger partial charge in [0.1, 0.15) is 5.82 Å². The van der Waals surface area contributed by atoms with Crippen LogP contribution in [0.25, 0.3) is 0 Å². The van der Waals surface area contributed by atoms with E-state index < -0.39 is 0 Å². The van der Waals surface area contributed by atoms with Gasteiger partial charge < -0.3 is 0 Å². The second-order valence-corrected chi connectivity index (χ2v) is 3.94. The van der Waals surface area contributed by atoms with Crippen LogP contribution in [0.5, 0.6) is 0 Å². The van der Waals surface area contributed by atoms with Crippen molar-refractivity contribution in [3.05, 3.63) is 35.6 Å². The first-order chi connectivity index (χ1) is 6.31. The van der Waals surface area contributed by atoms with Gasteiger partial charge in [-0.3, -0.25) is 0 Å². The predicted molar refractivity (Wildman–Crippen MR) is 52.2 cm³/mol. The fourth-order valence-corrected chi connectivity index (χ4v) is 2.06. The average Bonchev–Trinajstić information content (AvgIpc) is 2.86. The molecule has 1 aliphatic carbocycles. The first-order valence-corrected chi connectivity index (χ1v) is 5.06. The molecule has 13 heavy (non-hydrogen) atoms. The van der Waals surface area contributed by atoms with E-state index in [1.54, 1.807) is 12.1 Å². The van der Waals surface area contributed by atoms with Crippen molar-refractivity contribution in [3.63, 3.8) is 0 Å². The molecule has 0 bridgehead atoms. The highest BCUT2D eigenvalue weighted by Gasteiger charge is 2.36. The van der Waals surface area contributed by atoms with E-state index in [1.165, 1.54) is 24.8 Å². The normalized spacial score (nSPS) is 26.0. The lowest BCUT2D eigenvalue weighted by molar-refractivity contribution is 0.626. The molecule has 70 valence electrons. The van der Waals surface area contributed by atoms with E-state index >= 15 is 0 Å². The van der Waals surface area contributed by atoms with Gasteiger partial charge in [-0.25, -0.2) is 4.39 Å². The molecule has 0 amide bonds. The van der Waals surface area contributed by atoms with Gasteiger partial charge in [-0.1, -0.05) is 31.9 Å². The van der Waals surface area contributed by atoms with Gasteiger partial charge in [-0.2, -0.15) is 0 Å². The summed E-state index contributed by atoms with van der Waals surface area (Å²) < 4.78 is 12.6. The Morgan fingerprint density at radius 3 is 2.62 bits per heavy atom. The summed E-state index contributed by atoms with van der Waals surface area (Å²) in [6.07, 6.45) is 3.89. The molecule has 1 fully saturated rings. The van der Waals surface area contributed by atoms with Crippen LogP contribution in [0.2, 0.25) is 0 Å². The van der Waals surface area contributed by atoms with Crippen LogP contribution in [-0.2, 0) is 0 Å². The largest absolute Gasteiger partial charge is 0.207 e. The van der Waals surface area contributed by atoms with Gasteiger partial charge in [0.05, 0.1) is 0 Å². The first kappa shape index (κ1) is 8.74. The predicted octanol–water partition coefficient (Wildman–Crippen LogP) is 3.73. The summed E-state index contributed by atoms with van der Waals surface area (Å²) in [5, 5.41) is 0. The van der Waals surface area contributed by atoms with Crippen molar-refractivity contribution in [2.24, 2.45) is 5.92 Å². The molecule has 1 unspecified atom stereocenters. The second-order valence-electron chi connectivity index (χ2n) is 3.94. The van der Waals surface area contributed by atoms with Crippen molar-refractivity contribution in [1.29, 1.82) is 0 Å². The highest BCUT2D eigenvalue weighted by Crippen LogP contribution is 2.49. The molecule has 1 aliphatic rings. The molecule has 0 spiro atoms. The number of rotatable bonds is 3. The minimum Gasteiger partial charge on any atom is -0.207 e. The molecule has 0 saturated heterocycles. The smallest absolute Gasteiger partial charge is 0.123 e. The summed E-state index contributed by atoms with van der Waals surface area (Å²) in [4.78, 5) is 0. The third-order valence-corrected chi connectivity index (χ3v) is 2.88. The Morgan fingerprint density at radius 2 is 2.00 bits per heavy atom. The average molecular weight is 178 g/mol. The van der Waals surface area contributed by atoms with Gasteiger partial charge in [-0.05, 0) is 36.0 Å². The minimum absolute atomic E-state index is 0.128. The Balaban J connectivity index is 2.00. The van der Waals surface area contributed by atoms with Gasteiger partial charge in [0.15, 0.2) is 0 Å². The van der Waals surface area contributed by atoms with Crippen LogP contribution in [0, 0.1) is 11.7 Å². The Kier molecular flexibility index (Phi) is 2.34. The molecule has 2 rings (SSSR count). The molecule has 0 heterocycles. The Morgan fingerprint density at radius 1 is 1.31 bits per heavy atom. The monoisotopic (exact) mass is 178 g/mol. The lowest BCUT2D eigenvalue weighted by Gasteiger charge is -1.98. The summed E-state index contributed by atoms with van der Waals surface area (Å²) in [6, 6.07) is 6.98. The van der Waals surface area contributed by atoms with Crippen LogP contribution in [0.15, 0.2) is 24.3 Å². The zero-order chi connectivity index (χ0) is 9.26. The van der Waals surface area contributed by atoms with Crippen molar-refractivity contribution in [1.82, 2.24) is 0 Å². The molecule has 1 aromatic rings. The van der Waals surface area contributed by atoms with E-state index in [1.807, 2.05) is 12.1 Å². The van der Waals surface area contributed by atoms with Crippen molar-refractivity contribution in [2.45, 2.75) is 32.1 Å². The van der Waals surface area contributed by atoms with E-state index in [0.717, 1.165) is 11.8 Å². The van der Waals surface area contributed by atoms with Crippen molar-refractivity contribution < 1.29 is 4.39 Å². The molecule has 0 radical (unpaired) electrons. The highest BCUT2D eigenvalue weighted by atomic mass is 19.1. The number of benzene rings is 1. The summed E-state index contributed by atoms with van der Waals surface area (Å²) >= 11 is 0. The van der Waals surface area contributed by atoms with Crippen LogP contribution in [0.1, 0.15) is 37.7 Å². The summed E-state index contributed by atoms with van der Waals surface area (Å²) in [6.45, 7) is 2.22. The van der Waals surface area contributed by atoms with Crippen LogP contribution >= 0.6 is 0 Å². The molecule has 0 nitrogen and oxygen atoms in total. The van der Waals surface area contributed by atoms with Crippen LogP contribution in [0.3, 0.4) is 0 Å². The van der Waals surface area contributed by atoms with Crippen LogP contribution in [0.4, 0.5) is 4.39 Å². The van der Waals surface area contributed by atoms with Gasteiger partial charge in [0, 0.05) is 0 Å². The zero-order valence-corrected chi connectivity index (χ0v) is 7.96. The van der Waals surface area contributed by atoms with Crippen molar-refractivity contribution in [3.8, 4) is 0 Å². The maximum Gasteiger partial charge on any atom is 0.123 e. The molecule has 1 aromatic carbocycles. The summed E-state index contributed by atoms with van der Waals surface area (Å²) in [5.41, 5.74) is 1.32. The molecule has 1 saturated carbocycles. The molecular weight excluding hydrogens is 163 g/mol. The molecular formula is C12H15F. The topological polar surface area (TPSA) is 0 Å². The SMILES string of the molecule is CCC[C@@H]1CC1c1ccc(F)cc1. The molecule has 0 aliphatic heterocycles. The van der Waals surface area contributed by atoms with Crippen molar-refractivity contribution >= 4 is 0 Å². The van der Waals surface area contributed by atoms with Gasteiger partial charge >= 0.3 is 0 Å².